The Hall–Kier alpha value is -3.05. The van der Waals surface area contributed by atoms with E-state index in [4.69, 9.17) is 11.6 Å². The van der Waals surface area contributed by atoms with E-state index in [1.807, 2.05) is 0 Å². The summed E-state index contributed by atoms with van der Waals surface area (Å²) >= 11 is 6.93. The molecule has 0 atom stereocenters. The minimum atomic E-state index is -1.10. The van der Waals surface area contributed by atoms with Gasteiger partial charge in [0.05, 0.1) is 16.9 Å². The van der Waals surface area contributed by atoms with Crippen LogP contribution in [-0.4, -0.2) is 24.4 Å². The first-order valence-corrected chi connectivity index (χ1v) is 9.33. The fourth-order valence-electron chi connectivity index (χ4n) is 2.58. The second kappa shape index (κ2) is 7.41. The van der Waals surface area contributed by atoms with Crippen LogP contribution in [0.2, 0.25) is 5.02 Å². The van der Waals surface area contributed by atoms with Crippen LogP contribution in [0.3, 0.4) is 0 Å². The number of halogens is 4. The summed E-state index contributed by atoms with van der Waals surface area (Å²) in [6, 6.07) is 3.98. The third kappa shape index (κ3) is 3.54. The van der Waals surface area contributed by atoms with Crippen LogP contribution in [0.5, 0.6) is 0 Å². The number of nitrogens with one attached hydrogen (secondary N) is 1. The summed E-state index contributed by atoms with van der Waals surface area (Å²) in [7, 11) is 0. The number of aromatic amines is 1. The molecule has 12 heteroatoms. The molecule has 4 aromatic rings. The van der Waals surface area contributed by atoms with Gasteiger partial charge in [-0.3, -0.25) is 14.2 Å². The Bertz CT molecular complexity index is 1370. The van der Waals surface area contributed by atoms with E-state index in [-0.39, 0.29) is 32.7 Å². The van der Waals surface area contributed by atoms with Gasteiger partial charge in [-0.15, -0.1) is 9.73 Å². The van der Waals surface area contributed by atoms with Crippen molar-refractivity contribution in [1.29, 1.82) is 0 Å². The Labute approximate surface area is 168 Å². The molecule has 0 amide bonds. The Morgan fingerprint density at radius 3 is 2.66 bits per heavy atom. The zero-order valence-corrected chi connectivity index (χ0v) is 15.8. The molecular formula is C17H9ClF3N5O2S. The fraction of sp³-hybridized carbons (Fsp3) is 0.0588. The molecule has 0 unspecified atom stereocenters. The zero-order chi connectivity index (χ0) is 20.7. The van der Waals surface area contributed by atoms with Crippen molar-refractivity contribution in [3.05, 3.63) is 85.4 Å². The summed E-state index contributed by atoms with van der Waals surface area (Å²) in [5.74, 6) is -2.59. The standard InChI is InChI=1S/C17H9ClF3N5O2S/c18-11-6-23-26-14(11)16(28)25(10-4-13(21)15(27)22-5-10)17(24-26)29-7-8-1-2-9(19)3-12(8)20/h1-6H,7H2,(H,22,27). The molecule has 1 aromatic carbocycles. The molecule has 3 aromatic heterocycles. The van der Waals surface area contributed by atoms with E-state index in [1.54, 1.807) is 0 Å². The number of benzene rings is 1. The van der Waals surface area contributed by atoms with Crippen LogP contribution in [0.25, 0.3) is 11.2 Å². The molecule has 1 N–H and O–H groups in total. The van der Waals surface area contributed by atoms with Crippen molar-refractivity contribution in [1.82, 2.24) is 24.4 Å². The SMILES string of the molecule is O=c1[nH]cc(-n2c(SCc3ccc(F)cc3F)nn3ncc(Cl)c3c2=O)cc1F. The number of aromatic nitrogens is 5. The maximum absolute atomic E-state index is 13.9. The van der Waals surface area contributed by atoms with E-state index in [0.29, 0.717) is 0 Å². The summed E-state index contributed by atoms with van der Waals surface area (Å²) in [5, 5.41) is 8.12. The molecule has 0 bridgehead atoms. The highest BCUT2D eigenvalue weighted by Gasteiger charge is 2.18. The summed E-state index contributed by atoms with van der Waals surface area (Å²) in [5.41, 5.74) is -1.53. The van der Waals surface area contributed by atoms with Crippen molar-refractivity contribution >= 4 is 28.9 Å². The van der Waals surface area contributed by atoms with Crippen molar-refractivity contribution < 1.29 is 13.2 Å². The van der Waals surface area contributed by atoms with Gasteiger partial charge in [0.1, 0.15) is 11.6 Å². The maximum atomic E-state index is 13.9. The highest BCUT2D eigenvalue weighted by Crippen LogP contribution is 2.25. The minimum absolute atomic E-state index is 0.00903. The van der Waals surface area contributed by atoms with E-state index >= 15 is 0 Å². The molecule has 0 aliphatic heterocycles. The number of hydrogen-bond acceptors (Lipinski definition) is 5. The molecule has 0 radical (unpaired) electrons. The van der Waals surface area contributed by atoms with Crippen molar-refractivity contribution in [3.8, 4) is 5.69 Å². The van der Waals surface area contributed by atoms with Gasteiger partial charge in [0, 0.05) is 24.1 Å². The number of thioether (sulfide) groups is 1. The van der Waals surface area contributed by atoms with Crippen molar-refractivity contribution in [3.63, 3.8) is 0 Å². The van der Waals surface area contributed by atoms with Gasteiger partial charge in [0.15, 0.2) is 16.5 Å². The van der Waals surface area contributed by atoms with Crippen LogP contribution in [0.1, 0.15) is 5.56 Å². The quantitative estimate of drug-likeness (QED) is 0.494. The number of nitrogens with zero attached hydrogens (tertiary/aromatic N) is 4. The number of rotatable bonds is 4. The van der Waals surface area contributed by atoms with Gasteiger partial charge in [0.2, 0.25) is 0 Å². The Kier molecular flexibility index (Phi) is 4.92. The second-order valence-corrected chi connectivity index (χ2v) is 7.16. The molecule has 0 saturated carbocycles. The topological polar surface area (TPSA) is 85.1 Å². The van der Waals surface area contributed by atoms with Gasteiger partial charge < -0.3 is 4.98 Å². The van der Waals surface area contributed by atoms with E-state index in [9.17, 15) is 22.8 Å². The smallest absolute Gasteiger partial charge is 0.286 e. The van der Waals surface area contributed by atoms with Crippen LogP contribution in [0.15, 0.2) is 51.4 Å². The Morgan fingerprint density at radius 1 is 1.14 bits per heavy atom. The molecule has 7 nitrogen and oxygen atoms in total. The van der Waals surface area contributed by atoms with Crippen LogP contribution < -0.4 is 11.1 Å². The molecule has 148 valence electrons. The van der Waals surface area contributed by atoms with Crippen molar-refractivity contribution in [2.24, 2.45) is 0 Å². The first-order chi connectivity index (χ1) is 13.8. The predicted octanol–water partition coefficient (Wildman–Crippen LogP) is 2.93. The van der Waals surface area contributed by atoms with Crippen LogP contribution in [0.4, 0.5) is 13.2 Å². The molecule has 0 saturated heterocycles. The molecule has 0 aliphatic rings. The fourth-order valence-corrected chi connectivity index (χ4v) is 3.75. The summed E-state index contributed by atoms with van der Waals surface area (Å²) in [6.07, 6.45) is 2.36. The lowest BCUT2D eigenvalue weighted by Gasteiger charge is -2.12. The van der Waals surface area contributed by atoms with Gasteiger partial charge >= 0.3 is 0 Å². The number of pyridine rings is 1. The van der Waals surface area contributed by atoms with Crippen LogP contribution in [-0.2, 0) is 5.75 Å². The first-order valence-electron chi connectivity index (χ1n) is 7.97. The second-order valence-electron chi connectivity index (χ2n) is 5.81. The molecule has 4 rings (SSSR count). The van der Waals surface area contributed by atoms with Crippen molar-refractivity contribution in [2.45, 2.75) is 10.9 Å². The molecular weight excluding hydrogens is 431 g/mol. The molecule has 3 heterocycles. The predicted molar refractivity (Wildman–Crippen MR) is 100 cm³/mol. The third-order valence-electron chi connectivity index (χ3n) is 3.96. The third-order valence-corrected chi connectivity index (χ3v) is 5.21. The number of hydrogen-bond donors (Lipinski definition) is 1. The van der Waals surface area contributed by atoms with Gasteiger partial charge in [0.25, 0.3) is 11.1 Å². The summed E-state index contributed by atoms with van der Waals surface area (Å²) < 4.78 is 42.9. The minimum Gasteiger partial charge on any atom is -0.324 e. The molecule has 0 spiro atoms. The Balaban J connectivity index is 1.86. The van der Waals surface area contributed by atoms with E-state index in [1.165, 1.54) is 12.3 Å². The van der Waals surface area contributed by atoms with Gasteiger partial charge in [-0.2, -0.15) is 5.10 Å². The summed E-state index contributed by atoms with van der Waals surface area (Å²) in [6.45, 7) is 0. The average Bonchev–Trinajstić information content (AvgIpc) is 3.04. The lowest BCUT2D eigenvalue weighted by molar-refractivity contribution is 0.576. The lowest BCUT2D eigenvalue weighted by atomic mass is 10.2. The van der Waals surface area contributed by atoms with E-state index < -0.39 is 28.6 Å². The van der Waals surface area contributed by atoms with Gasteiger partial charge in [-0.05, 0) is 11.6 Å². The zero-order valence-electron chi connectivity index (χ0n) is 14.2. The lowest BCUT2D eigenvalue weighted by Crippen LogP contribution is -2.26. The number of H-pyrrole nitrogens is 1. The molecule has 29 heavy (non-hydrogen) atoms. The van der Waals surface area contributed by atoms with Crippen LogP contribution in [0, 0.1) is 17.5 Å². The first kappa shape index (κ1) is 19.3. The Morgan fingerprint density at radius 2 is 1.93 bits per heavy atom. The van der Waals surface area contributed by atoms with Crippen molar-refractivity contribution in [2.75, 3.05) is 0 Å². The van der Waals surface area contributed by atoms with Crippen LogP contribution >= 0.6 is 23.4 Å². The molecule has 0 aliphatic carbocycles. The maximum Gasteiger partial charge on any atom is 0.286 e. The highest BCUT2D eigenvalue weighted by molar-refractivity contribution is 7.98. The number of fused-ring (bicyclic) bond motifs is 1. The van der Waals surface area contributed by atoms with Gasteiger partial charge in [-0.25, -0.2) is 13.2 Å². The van der Waals surface area contributed by atoms with Gasteiger partial charge in [-0.1, -0.05) is 29.4 Å². The average molecular weight is 440 g/mol. The van der Waals surface area contributed by atoms with E-state index in [0.717, 1.165) is 45.4 Å². The normalized spacial score (nSPS) is 11.3. The molecule has 0 fully saturated rings. The summed E-state index contributed by atoms with van der Waals surface area (Å²) in [4.78, 5) is 26.5. The largest absolute Gasteiger partial charge is 0.324 e. The monoisotopic (exact) mass is 439 g/mol. The highest BCUT2D eigenvalue weighted by atomic mass is 35.5. The van der Waals surface area contributed by atoms with E-state index in [2.05, 4.69) is 15.2 Å².